The van der Waals surface area contributed by atoms with Crippen LogP contribution < -0.4 is 0 Å². The van der Waals surface area contributed by atoms with E-state index in [1.165, 1.54) is 12.8 Å². The fourth-order valence-corrected chi connectivity index (χ4v) is 2.24. The standard InChI is InChI=1S/C11H20/c1-2-10-8-11(10)5-3-4-9-6-7-9/h9-11H,2-8H2,1H3. The number of rotatable bonds is 5. The van der Waals surface area contributed by atoms with Crippen LogP contribution in [0.4, 0.5) is 0 Å². The fourth-order valence-electron chi connectivity index (χ4n) is 2.24. The first-order valence-electron chi connectivity index (χ1n) is 5.40. The van der Waals surface area contributed by atoms with Gasteiger partial charge in [0, 0.05) is 0 Å². The molecule has 0 aromatic rings. The van der Waals surface area contributed by atoms with Crippen LogP contribution in [0.2, 0.25) is 0 Å². The van der Waals surface area contributed by atoms with Crippen LogP contribution >= 0.6 is 0 Å². The van der Waals surface area contributed by atoms with Crippen molar-refractivity contribution in [2.24, 2.45) is 17.8 Å². The van der Waals surface area contributed by atoms with E-state index >= 15 is 0 Å². The summed E-state index contributed by atoms with van der Waals surface area (Å²) >= 11 is 0. The van der Waals surface area contributed by atoms with Gasteiger partial charge in [0.2, 0.25) is 0 Å². The third-order valence-electron chi connectivity index (χ3n) is 3.48. The molecule has 2 atom stereocenters. The Morgan fingerprint density at radius 1 is 1.09 bits per heavy atom. The second kappa shape index (κ2) is 3.16. The molecule has 2 fully saturated rings. The van der Waals surface area contributed by atoms with Crippen LogP contribution in [0.15, 0.2) is 0 Å². The SMILES string of the molecule is CCC1CC1CCCC1CC1. The Morgan fingerprint density at radius 3 is 2.45 bits per heavy atom. The average molecular weight is 152 g/mol. The van der Waals surface area contributed by atoms with E-state index in [1.807, 2.05) is 0 Å². The van der Waals surface area contributed by atoms with Crippen molar-refractivity contribution >= 4 is 0 Å². The molecule has 11 heavy (non-hydrogen) atoms. The highest BCUT2D eigenvalue weighted by molar-refractivity contribution is 4.85. The van der Waals surface area contributed by atoms with Crippen molar-refractivity contribution in [1.82, 2.24) is 0 Å². The van der Waals surface area contributed by atoms with Crippen molar-refractivity contribution < 1.29 is 0 Å². The molecular weight excluding hydrogens is 132 g/mol. The van der Waals surface area contributed by atoms with Gasteiger partial charge in [-0.05, 0) is 24.2 Å². The normalized spacial score (nSPS) is 35.7. The van der Waals surface area contributed by atoms with Crippen LogP contribution in [0.3, 0.4) is 0 Å². The van der Waals surface area contributed by atoms with Crippen LogP contribution in [-0.2, 0) is 0 Å². The minimum atomic E-state index is 1.13. The molecule has 2 rings (SSSR count). The van der Waals surface area contributed by atoms with E-state index < -0.39 is 0 Å². The van der Waals surface area contributed by atoms with Crippen LogP contribution in [0.1, 0.15) is 51.9 Å². The highest BCUT2D eigenvalue weighted by Crippen LogP contribution is 2.45. The van der Waals surface area contributed by atoms with Gasteiger partial charge in [-0.25, -0.2) is 0 Å². The van der Waals surface area contributed by atoms with Crippen molar-refractivity contribution in [3.63, 3.8) is 0 Å². The monoisotopic (exact) mass is 152 g/mol. The van der Waals surface area contributed by atoms with Crippen molar-refractivity contribution in [3.8, 4) is 0 Å². The predicted octanol–water partition coefficient (Wildman–Crippen LogP) is 3.61. The molecule has 2 aliphatic rings. The fraction of sp³-hybridized carbons (Fsp3) is 1.00. The molecule has 0 radical (unpaired) electrons. The van der Waals surface area contributed by atoms with Crippen LogP contribution in [0.25, 0.3) is 0 Å². The van der Waals surface area contributed by atoms with E-state index in [0.29, 0.717) is 0 Å². The largest absolute Gasteiger partial charge is 0.0651 e. The molecule has 0 bridgehead atoms. The zero-order chi connectivity index (χ0) is 7.68. The Morgan fingerprint density at radius 2 is 1.91 bits per heavy atom. The highest BCUT2D eigenvalue weighted by Gasteiger charge is 2.34. The Labute approximate surface area is 70.4 Å². The van der Waals surface area contributed by atoms with Crippen molar-refractivity contribution in [2.45, 2.75) is 51.9 Å². The van der Waals surface area contributed by atoms with Gasteiger partial charge in [-0.15, -0.1) is 0 Å². The lowest BCUT2D eigenvalue weighted by molar-refractivity contribution is 0.557. The summed E-state index contributed by atoms with van der Waals surface area (Å²) < 4.78 is 0. The molecule has 0 aromatic carbocycles. The summed E-state index contributed by atoms with van der Waals surface area (Å²) in [6, 6.07) is 0. The maximum atomic E-state index is 2.34. The molecule has 0 aliphatic heterocycles. The molecule has 2 saturated carbocycles. The molecule has 2 aliphatic carbocycles. The smallest absolute Gasteiger partial charge is 0.0383 e. The van der Waals surface area contributed by atoms with E-state index in [0.717, 1.165) is 17.8 Å². The quantitative estimate of drug-likeness (QED) is 0.564. The van der Waals surface area contributed by atoms with Gasteiger partial charge in [-0.3, -0.25) is 0 Å². The molecule has 0 N–H and O–H groups in total. The summed E-state index contributed by atoms with van der Waals surface area (Å²) in [4.78, 5) is 0. The zero-order valence-electron chi connectivity index (χ0n) is 7.68. The lowest BCUT2D eigenvalue weighted by atomic mass is 10.1. The molecule has 0 nitrogen and oxygen atoms in total. The summed E-state index contributed by atoms with van der Waals surface area (Å²) in [7, 11) is 0. The van der Waals surface area contributed by atoms with Gasteiger partial charge in [0.1, 0.15) is 0 Å². The van der Waals surface area contributed by atoms with E-state index in [-0.39, 0.29) is 0 Å². The average Bonchev–Trinajstić information content (AvgIpc) is 2.79. The Hall–Kier alpha value is 0. The number of hydrogen-bond acceptors (Lipinski definition) is 0. The van der Waals surface area contributed by atoms with Gasteiger partial charge >= 0.3 is 0 Å². The second-order valence-electron chi connectivity index (χ2n) is 4.54. The Bertz CT molecular complexity index is 124. The molecule has 0 aromatic heterocycles. The summed E-state index contributed by atoms with van der Waals surface area (Å²) in [6.45, 7) is 2.34. The lowest BCUT2D eigenvalue weighted by Crippen LogP contribution is -1.83. The van der Waals surface area contributed by atoms with Gasteiger partial charge < -0.3 is 0 Å². The Balaban J connectivity index is 1.47. The van der Waals surface area contributed by atoms with E-state index in [1.54, 1.807) is 32.1 Å². The summed E-state index contributed by atoms with van der Waals surface area (Å²) in [6.07, 6.45) is 10.7. The third kappa shape index (κ3) is 2.21. The topological polar surface area (TPSA) is 0 Å². The van der Waals surface area contributed by atoms with E-state index in [9.17, 15) is 0 Å². The van der Waals surface area contributed by atoms with Gasteiger partial charge in [0.25, 0.3) is 0 Å². The minimum absolute atomic E-state index is 1.13. The van der Waals surface area contributed by atoms with Gasteiger partial charge in [0.05, 0.1) is 0 Å². The maximum absolute atomic E-state index is 2.34. The first kappa shape index (κ1) is 7.64. The molecule has 0 heterocycles. The first-order valence-corrected chi connectivity index (χ1v) is 5.40. The molecule has 64 valence electrons. The summed E-state index contributed by atoms with van der Waals surface area (Å²) in [5, 5.41) is 0. The first-order chi connectivity index (χ1) is 5.40. The van der Waals surface area contributed by atoms with Crippen LogP contribution in [0, 0.1) is 17.8 Å². The summed E-state index contributed by atoms with van der Waals surface area (Å²) in [5.74, 6) is 3.45. The van der Waals surface area contributed by atoms with Gasteiger partial charge in [-0.1, -0.05) is 45.4 Å². The molecule has 2 unspecified atom stereocenters. The molecule has 0 amide bonds. The summed E-state index contributed by atoms with van der Waals surface area (Å²) in [5.41, 5.74) is 0. The molecule has 0 saturated heterocycles. The minimum Gasteiger partial charge on any atom is -0.0651 e. The molecule has 0 spiro atoms. The third-order valence-corrected chi connectivity index (χ3v) is 3.48. The zero-order valence-corrected chi connectivity index (χ0v) is 7.68. The molecular formula is C11H20. The lowest BCUT2D eigenvalue weighted by Gasteiger charge is -1.97. The van der Waals surface area contributed by atoms with Crippen LogP contribution in [0.5, 0.6) is 0 Å². The Kier molecular flexibility index (Phi) is 2.20. The maximum Gasteiger partial charge on any atom is -0.0383 e. The molecule has 0 heteroatoms. The van der Waals surface area contributed by atoms with E-state index in [2.05, 4.69) is 6.92 Å². The second-order valence-corrected chi connectivity index (χ2v) is 4.54. The van der Waals surface area contributed by atoms with Crippen LogP contribution in [-0.4, -0.2) is 0 Å². The van der Waals surface area contributed by atoms with E-state index in [4.69, 9.17) is 0 Å². The predicted molar refractivity (Wildman–Crippen MR) is 48.5 cm³/mol. The van der Waals surface area contributed by atoms with Gasteiger partial charge in [0.15, 0.2) is 0 Å². The number of hydrogen-bond donors (Lipinski definition) is 0. The van der Waals surface area contributed by atoms with Crippen molar-refractivity contribution in [3.05, 3.63) is 0 Å². The highest BCUT2D eigenvalue weighted by atomic mass is 14.4. The van der Waals surface area contributed by atoms with Gasteiger partial charge in [-0.2, -0.15) is 0 Å². The van der Waals surface area contributed by atoms with Crippen molar-refractivity contribution in [1.29, 1.82) is 0 Å². The van der Waals surface area contributed by atoms with Crippen molar-refractivity contribution in [2.75, 3.05) is 0 Å².